The second-order valence-corrected chi connectivity index (χ2v) is 8.42. The van der Waals surface area contributed by atoms with Crippen LogP contribution in [0.5, 0.6) is 11.5 Å². The molecule has 0 aromatic heterocycles. The molecule has 4 aromatic carbocycles. The van der Waals surface area contributed by atoms with E-state index in [1.54, 1.807) is 56.6 Å². The number of fused-ring (bicyclic) bond motifs is 1. The molecule has 2 amide bonds. The topological polar surface area (TPSA) is 104 Å². The van der Waals surface area contributed by atoms with E-state index in [0.29, 0.717) is 27.8 Å². The van der Waals surface area contributed by atoms with Gasteiger partial charge in [0.15, 0.2) is 5.75 Å². The Kier molecular flexibility index (Phi) is 6.96. The molecule has 0 fully saturated rings. The lowest BCUT2D eigenvalue weighted by molar-refractivity contribution is 0.0827. The molecule has 0 bridgehead atoms. The number of nitrogens with one attached hydrogen (secondary N) is 1. The van der Waals surface area contributed by atoms with Crippen LogP contribution < -0.4 is 10.1 Å². The SMILES string of the molecule is COc1cccc(C(=O)N(C)C)c1/N=N/c1c(O)c(C(=O)Nc2cccc(C)c2)cc2ccccc12. The molecule has 0 saturated carbocycles. The largest absolute Gasteiger partial charge is 0.505 e. The minimum absolute atomic E-state index is 0.0498. The number of methoxy groups -OCH3 is 1. The van der Waals surface area contributed by atoms with Gasteiger partial charge in [-0.1, -0.05) is 42.5 Å². The number of ether oxygens (including phenoxy) is 1. The van der Waals surface area contributed by atoms with E-state index in [9.17, 15) is 14.7 Å². The smallest absolute Gasteiger partial charge is 0.259 e. The standard InChI is InChI=1S/C28H26N4O4/c1-17-9-7-11-19(15-17)29-27(34)22-16-18-10-5-6-12-20(18)25(26(22)33)31-30-24-21(28(35)32(2)3)13-8-14-23(24)36-4/h5-16,33H,1-4H3,(H,29,34)/b31-30+. The molecule has 0 atom stereocenters. The van der Waals surface area contributed by atoms with Crippen LogP contribution in [0, 0.1) is 6.92 Å². The zero-order valence-corrected chi connectivity index (χ0v) is 20.4. The Morgan fingerprint density at radius 3 is 2.33 bits per heavy atom. The van der Waals surface area contributed by atoms with Gasteiger partial charge >= 0.3 is 0 Å². The molecule has 0 aliphatic carbocycles. The second kappa shape index (κ2) is 10.3. The average Bonchev–Trinajstić information content (AvgIpc) is 2.87. The van der Waals surface area contributed by atoms with Crippen LogP contribution in [0.25, 0.3) is 10.8 Å². The number of phenolic OH excluding ortho intramolecular Hbond substituents is 1. The summed E-state index contributed by atoms with van der Waals surface area (Å²) < 4.78 is 5.41. The van der Waals surface area contributed by atoms with Crippen molar-refractivity contribution in [3.8, 4) is 11.5 Å². The van der Waals surface area contributed by atoms with Gasteiger partial charge in [0.1, 0.15) is 17.1 Å². The van der Waals surface area contributed by atoms with Crippen LogP contribution >= 0.6 is 0 Å². The third kappa shape index (κ3) is 4.88. The summed E-state index contributed by atoms with van der Waals surface area (Å²) in [4.78, 5) is 27.3. The molecular weight excluding hydrogens is 456 g/mol. The highest BCUT2D eigenvalue weighted by molar-refractivity contribution is 6.11. The van der Waals surface area contributed by atoms with Gasteiger partial charge in [-0.15, -0.1) is 10.2 Å². The van der Waals surface area contributed by atoms with Gasteiger partial charge in [0, 0.05) is 25.2 Å². The molecule has 182 valence electrons. The molecule has 4 rings (SSSR count). The van der Waals surface area contributed by atoms with Crippen LogP contribution in [0.1, 0.15) is 26.3 Å². The molecule has 8 heteroatoms. The molecule has 0 aliphatic heterocycles. The molecule has 0 heterocycles. The van der Waals surface area contributed by atoms with Gasteiger partial charge in [-0.3, -0.25) is 9.59 Å². The van der Waals surface area contributed by atoms with Crippen molar-refractivity contribution in [1.29, 1.82) is 0 Å². The Balaban J connectivity index is 1.83. The highest BCUT2D eigenvalue weighted by atomic mass is 16.5. The minimum Gasteiger partial charge on any atom is -0.505 e. The zero-order chi connectivity index (χ0) is 25.8. The third-order valence-electron chi connectivity index (χ3n) is 5.62. The number of amides is 2. The van der Waals surface area contributed by atoms with Gasteiger partial charge in [-0.2, -0.15) is 0 Å². The summed E-state index contributed by atoms with van der Waals surface area (Å²) >= 11 is 0. The lowest BCUT2D eigenvalue weighted by Gasteiger charge is -2.14. The summed E-state index contributed by atoms with van der Waals surface area (Å²) in [6.07, 6.45) is 0. The normalized spacial score (nSPS) is 11.0. The van der Waals surface area contributed by atoms with Crippen LogP contribution in [0.15, 0.2) is 83.0 Å². The van der Waals surface area contributed by atoms with Gasteiger partial charge in [-0.05, 0) is 48.2 Å². The van der Waals surface area contributed by atoms with Gasteiger partial charge in [0.2, 0.25) is 0 Å². The Bertz CT molecular complexity index is 1490. The maximum atomic E-state index is 13.1. The molecule has 0 radical (unpaired) electrons. The second-order valence-electron chi connectivity index (χ2n) is 8.42. The summed E-state index contributed by atoms with van der Waals surface area (Å²) in [5.41, 5.74) is 2.27. The van der Waals surface area contributed by atoms with E-state index in [0.717, 1.165) is 5.56 Å². The van der Waals surface area contributed by atoms with Gasteiger partial charge < -0.3 is 20.1 Å². The number of nitrogens with zero attached hydrogens (tertiary/aromatic N) is 3. The summed E-state index contributed by atoms with van der Waals surface area (Å²) in [5, 5.41) is 23.9. The number of azo groups is 1. The molecule has 36 heavy (non-hydrogen) atoms. The van der Waals surface area contributed by atoms with Crippen molar-refractivity contribution in [1.82, 2.24) is 4.90 Å². The van der Waals surface area contributed by atoms with E-state index in [-0.39, 0.29) is 28.6 Å². The Morgan fingerprint density at radius 2 is 1.61 bits per heavy atom. The number of hydrogen-bond donors (Lipinski definition) is 2. The van der Waals surface area contributed by atoms with Gasteiger partial charge in [0.05, 0.1) is 18.2 Å². The average molecular weight is 483 g/mol. The predicted molar refractivity (Wildman–Crippen MR) is 140 cm³/mol. The first-order valence-corrected chi connectivity index (χ1v) is 11.2. The highest BCUT2D eigenvalue weighted by Gasteiger charge is 2.20. The van der Waals surface area contributed by atoms with Crippen molar-refractivity contribution in [2.24, 2.45) is 10.2 Å². The molecule has 0 aliphatic rings. The number of hydrogen-bond acceptors (Lipinski definition) is 6. The lowest BCUT2D eigenvalue weighted by Crippen LogP contribution is -2.21. The van der Waals surface area contributed by atoms with Crippen LogP contribution in [-0.2, 0) is 0 Å². The predicted octanol–water partition coefficient (Wildman–Crippen LogP) is 6.23. The van der Waals surface area contributed by atoms with Crippen LogP contribution in [0.4, 0.5) is 17.1 Å². The van der Waals surface area contributed by atoms with E-state index < -0.39 is 5.91 Å². The zero-order valence-electron chi connectivity index (χ0n) is 20.4. The molecule has 0 saturated heterocycles. The fraction of sp³-hybridized carbons (Fsp3) is 0.143. The van der Waals surface area contributed by atoms with Crippen molar-refractivity contribution < 1.29 is 19.4 Å². The van der Waals surface area contributed by atoms with Crippen molar-refractivity contribution in [3.63, 3.8) is 0 Å². The van der Waals surface area contributed by atoms with Crippen LogP contribution in [0.3, 0.4) is 0 Å². The van der Waals surface area contributed by atoms with E-state index in [1.807, 2.05) is 37.3 Å². The Labute approximate surface area is 208 Å². The minimum atomic E-state index is -0.485. The van der Waals surface area contributed by atoms with Crippen molar-refractivity contribution in [3.05, 3.63) is 89.5 Å². The van der Waals surface area contributed by atoms with Crippen molar-refractivity contribution in [2.45, 2.75) is 6.92 Å². The van der Waals surface area contributed by atoms with E-state index in [2.05, 4.69) is 15.5 Å². The number of anilines is 1. The van der Waals surface area contributed by atoms with Gasteiger partial charge in [-0.25, -0.2) is 0 Å². The molecule has 0 spiro atoms. The van der Waals surface area contributed by atoms with E-state index in [4.69, 9.17) is 4.74 Å². The Hall–Kier alpha value is -4.72. The number of phenols is 1. The Morgan fingerprint density at radius 1 is 0.889 bits per heavy atom. The van der Waals surface area contributed by atoms with E-state index in [1.165, 1.54) is 12.0 Å². The first-order valence-electron chi connectivity index (χ1n) is 11.2. The highest BCUT2D eigenvalue weighted by Crippen LogP contribution is 2.41. The summed E-state index contributed by atoms with van der Waals surface area (Å²) in [6, 6.07) is 21.2. The van der Waals surface area contributed by atoms with Crippen LogP contribution in [0.2, 0.25) is 0 Å². The first-order chi connectivity index (χ1) is 17.3. The quantitative estimate of drug-likeness (QED) is 0.318. The molecule has 0 unspecified atom stereocenters. The summed E-state index contributed by atoms with van der Waals surface area (Å²) in [5.74, 6) is -0.731. The molecule has 4 aromatic rings. The third-order valence-corrected chi connectivity index (χ3v) is 5.62. The van der Waals surface area contributed by atoms with E-state index >= 15 is 0 Å². The fourth-order valence-electron chi connectivity index (χ4n) is 3.82. The number of carbonyl (C=O) groups excluding carboxylic acids is 2. The maximum absolute atomic E-state index is 13.1. The van der Waals surface area contributed by atoms with Gasteiger partial charge in [0.25, 0.3) is 11.8 Å². The first kappa shape index (κ1) is 24.4. The number of aryl methyl sites for hydroxylation is 1. The maximum Gasteiger partial charge on any atom is 0.259 e. The summed E-state index contributed by atoms with van der Waals surface area (Å²) in [6.45, 7) is 1.93. The molecular formula is C28H26N4O4. The number of benzene rings is 4. The number of aromatic hydroxyl groups is 1. The fourth-order valence-corrected chi connectivity index (χ4v) is 3.82. The monoisotopic (exact) mass is 482 g/mol. The number of carbonyl (C=O) groups is 2. The van der Waals surface area contributed by atoms with Crippen molar-refractivity contribution >= 4 is 39.6 Å². The van der Waals surface area contributed by atoms with Crippen molar-refractivity contribution in [2.75, 3.05) is 26.5 Å². The summed E-state index contributed by atoms with van der Waals surface area (Å²) in [7, 11) is 4.75. The molecule has 8 nitrogen and oxygen atoms in total. The number of rotatable bonds is 6. The lowest BCUT2D eigenvalue weighted by atomic mass is 10.0. The molecule has 2 N–H and O–H groups in total. The van der Waals surface area contributed by atoms with Crippen LogP contribution in [-0.4, -0.2) is 43.0 Å².